The van der Waals surface area contributed by atoms with Crippen LogP contribution in [0.3, 0.4) is 0 Å². The first-order valence-corrected chi connectivity index (χ1v) is 6.33. The second-order valence-electron chi connectivity index (χ2n) is 4.17. The average Bonchev–Trinajstić information content (AvgIpc) is 2.78. The van der Waals surface area contributed by atoms with Gasteiger partial charge < -0.3 is 5.11 Å². The summed E-state index contributed by atoms with van der Waals surface area (Å²) in [6, 6.07) is 12.4. The lowest BCUT2D eigenvalue weighted by Crippen LogP contribution is -1.86. The van der Waals surface area contributed by atoms with E-state index in [0.29, 0.717) is 5.92 Å². The molecule has 1 aromatic heterocycles. The number of aliphatic hydroxyl groups is 1. The van der Waals surface area contributed by atoms with Crippen molar-refractivity contribution >= 4 is 11.3 Å². The molecular weight excluding hydrogens is 216 g/mol. The van der Waals surface area contributed by atoms with Crippen LogP contribution in [0.15, 0.2) is 36.4 Å². The van der Waals surface area contributed by atoms with Gasteiger partial charge in [-0.05, 0) is 29.2 Å². The zero-order valence-electron chi connectivity index (χ0n) is 9.60. The van der Waals surface area contributed by atoms with E-state index in [9.17, 15) is 5.11 Å². The molecule has 0 saturated heterocycles. The Hall–Kier alpha value is -1.12. The van der Waals surface area contributed by atoms with Crippen LogP contribution in [0.25, 0.3) is 10.4 Å². The molecule has 1 nitrogen and oxygen atoms in total. The van der Waals surface area contributed by atoms with E-state index in [-0.39, 0.29) is 6.61 Å². The van der Waals surface area contributed by atoms with Gasteiger partial charge >= 0.3 is 0 Å². The van der Waals surface area contributed by atoms with Crippen molar-refractivity contribution in [1.29, 1.82) is 0 Å². The molecule has 0 fully saturated rings. The molecule has 84 valence electrons. The normalized spacial score (nSPS) is 11.0. The summed E-state index contributed by atoms with van der Waals surface area (Å²) in [7, 11) is 0. The Morgan fingerprint density at radius 2 is 1.88 bits per heavy atom. The van der Waals surface area contributed by atoms with Crippen molar-refractivity contribution in [3.05, 3.63) is 46.8 Å². The van der Waals surface area contributed by atoms with Crippen LogP contribution in [0.4, 0.5) is 0 Å². The summed E-state index contributed by atoms with van der Waals surface area (Å²) in [4.78, 5) is 2.64. The summed E-state index contributed by atoms with van der Waals surface area (Å²) < 4.78 is 0. The predicted octanol–water partition coefficient (Wildman–Crippen LogP) is 4.03. The van der Waals surface area contributed by atoms with Gasteiger partial charge in [0.25, 0.3) is 0 Å². The van der Waals surface area contributed by atoms with Gasteiger partial charge in [-0.2, -0.15) is 0 Å². The van der Waals surface area contributed by atoms with E-state index in [0.717, 1.165) is 11.1 Å². The van der Waals surface area contributed by atoms with Gasteiger partial charge in [-0.25, -0.2) is 0 Å². The molecule has 0 unspecified atom stereocenters. The van der Waals surface area contributed by atoms with Crippen LogP contribution in [-0.4, -0.2) is 5.11 Å². The minimum Gasteiger partial charge on any atom is -0.392 e. The van der Waals surface area contributed by atoms with Crippen molar-refractivity contribution < 1.29 is 5.11 Å². The van der Waals surface area contributed by atoms with Crippen LogP contribution in [0.1, 0.15) is 30.2 Å². The Kier molecular flexibility index (Phi) is 3.42. The standard InChI is InChI=1S/C14H16OS/c1-10(2)13-7-8-14(16-13)12-6-4-3-5-11(12)9-15/h3-8,10,15H,9H2,1-2H3. The van der Waals surface area contributed by atoms with Crippen molar-refractivity contribution in [2.75, 3.05) is 0 Å². The molecule has 2 aromatic rings. The first kappa shape index (κ1) is 11.4. The Morgan fingerprint density at radius 1 is 1.12 bits per heavy atom. The second kappa shape index (κ2) is 4.81. The number of aliphatic hydroxyl groups excluding tert-OH is 1. The Labute approximate surface area is 100 Å². The number of thiophene rings is 1. The first-order chi connectivity index (χ1) is 7.72. The topological polar surface area (TPSA) is 20.2 Å². The quantitative estimate of drug-likeness (QED) is 0.847. The molecule has 1 aromatic carbocycles. The molecule has 1 heterocycles. The second-order valence-corrected chi connectivity index (χ2v) is 5.29. The van der Waals surface area contributed by atoms with Crippen molar-refractivity contribution in [1.82, 2.24) is 0 Å². The highest BCUT2D eigenvalue weighted by atomic mass is 32.1. The van der Waals surface area contributed by atoms with Crippen LogP contribution in [0.5, 0.6) is 0 Å². The minimum absolute atomic E-state index is 0.102. The van der Waals surface area contributed by atoms with Crippen LogP contribution >= 0.6 is 11.3 Å². The number of hydrogen-bond acceptors (Lipinski definition) is 2. The molecule has 0 aliphatic heterocycles. The van der Waals surface area contributed by atoms with E-state index >= 15 is 0 Å². The molecule has 0 atom stereocenters. The number of benzene rings is 1. The van der Waals surface area contributed by atoms with Gasteiger partial charge in [0.1, 0.15) is 0 Å². The van der Waals surface area contributed by atoms with Gasteiger partial charge in [-0.1, -0.05) is 38.1 Å². The molecule has 2 rings (SSSR count). The Morgan fingerprint density at radius 3 is 2.50 bits per heavy atom. The molecule has 1 N–H and O–H groups in total. The lowest BCUT2D eigenvalue weighted by atomic mass is 10.1. The third-order valence-electron chi connectivity index (χ3n) is 2.65. The van der Waals surface area contributed by atoms with Gasteiger partial charge in [-0.15, -0.1) is 11.3 Å². The van der Waals surface area contributed by atoms with Crippen LogP contribution in [0, 0.1) is 0 Å². The number of hydrogen-bond donors (Lipinski definition) is 1. The lowest BCUT2D eigenvalue weighted by Gasteiger charge is -2.04. The fraction of sp³-hybridized carbons (Fsp3) is 0.286. The number of rotatable bonds is 3. The van der Waals surface area contributed by atoms with Crippen molar-refractivity contribution in [3.8, 4) is 10.4 Å². The summed E-state index contributed by atoms with van der Waals surface area (Å²) in [6.45, 7) is 4.51. The Bertz CT molecular complexity index is 471. The van der Waals surface area contributed by atoms with E-state index < -0.39 is 0 Å². The molecule has 0 saturated carbocycles. The molecule has 0 bridgehead atoms. The van der Waals surface area contributed by atoms with E-state index in [4.69, 9.17) is 0 Å². The van der Waals surface area contributed by atoms with Gasteiger partial charge in [0.05, 0.1) is 6.61 Å². The molecule has 2 heteroatoms. The summed E-state index contributed by atoms with van der Waals surface area (Å²) in [5.41, 5.74) is 2.15. The highest BCUT2D eigenvalue weighted by Gasteiger charge is 2.08. The summed E-state index contributed by atoms with van der Waals surface area (Å²) in [6.07, 6.45) is 0. The summed E-state index contributed by atoms with van der Waals surface area (Å²) in [5.74, 6) is 0.569. The first-order valence-electron chi connectivity index (χ1n) is 5.51. The Balaban J connectivity index is 2.42. The van der Waals surface area contributed by atoms with Crippen molar-refractivity contribution in [3.63, 3.8) is 0 Å². The summed E-state index contributed by atoms with van der Waals surface area (Å²) >= 11 is 1.81. The third-order valence-corrected chi connectivity index (χ3v) is 4.07. The van der Waals surface area contributed by atoms with Gasteiger partial charge in [-0.3, -0.25) is 0 Å². The summed E-state index contributed by atoms with van der Waals surface area (Å²) in [5, 5.41) is 9.30. The molecule has 16 heavy (non-hydrogen) atoms. The van der Waals surface area contributed by atoms with E-state index in [2.05, 4.69) is 32.0 Å². The van der Waals surface area contributed by atoms with Crippen molar-refractivity contribution in [2.24, 2.45) is 0 Å². The van der Waals surface area contributed by atoms with Crippen LogP contribution in [0.2, 0.25) is 0 Å². The van der Waals surface area contributed by atoms with Gasteiger partial charge in [0.2, 0.25) is 0 Å². The lowest BCUT2D eigenvalue weighted by molar-refractivity contribution is 0.282. The maximum atomic E-state index is 9.30. The highest BCUT2D eigenvalue weighted by molar-refractivity contribution is 7.15. The minimum atomic E-state index is 0.102. The highest BCUT2D eigenvalue weighted by Crippen LogP contribution is 2.33. The predicted molar refractivity (Wildman–Crippen MR) is 69.8 cm³/mol. The monoisotopic (exact) mass is 232 g/mol. The van der Waals surface area contributed by atoms with E-state index in [1.807, 2.05) is 29.5 Å². The molecule has 0 spiro atoms. The molecule has 0 aliphatic rings. The maximum absolute atomic E-state index is 9.30. The van der Waals surface area contributed by atoms with Crippen LogP contribution in [-0.2, 0) is 6.61 Å². The SMILES string of the molecule is CC(C)c1ccc(-c2ccccc2CO)s1. The smallest absolute Gasteiger partial charge is 0.0688 e. The van der Waals surface area contributed by atoms with Gasteiger partial charge in [0.15, 0.2) is 0 Å². The maximum Gasteiger partial charge on any atom is 0.0688 e. The van der Waals surface area contributed by atoms with E-state index in [1.54, 1.807) is 0 Å². The molecule has 0 aliphatic carbocycles. The molecule has 0 radical (unpaired) electrons. The fourth-order valence-electron chi connectivity index (χ4n) is 1.71. The van der Waals surface area contributed by atoms with Crippen LogP contribution < -0.4 is 0 Å². The largest absolute Gasteiger partial charge is 0.392 e. The zero-order chi connectivity index (χ0) is 11.5. The van der Waals surface area contributed by atoms with Crippen molar-refractivity contribution in [2.45, 2.75) is 26.4 Å². The average molecular weight is 232 g/mol. The molecule has 0 amide bonds. The fourth-order valence-corrected chi connectivity index (χ4v) is 2.78. The van der Waals surface area contributed by atoms with Gasteiger partial charge in [0, 0.05) is 9.75 Å². The zero-order valence-corrected chi connectivity index (χ0v) is 10.4. The third kappa shape index (κ3) is 2.18. The molecular formula is C14H16OS. The van der Waals surface area contributed by atoms with E-state index in [1.165, 1.54) is 9.75 Å².